The van der Waals surface area contributed by atoms with Crippen molar-refractivity contribution in [3.8, 4) is 22.5 Å². The molecule has 0 spiro atoms. The summed E-state index contributed by atoms with van der Waals surface area (Å²) in [5.74, 6) is 0.973. The lowest BCUT2D eigenvalue weighted by Gasteiger charge is -2.27. The Morgan fingerprint density at radius 3 is 2.54 bits per heavy atom. The number of pyridine rings is 1. The number of aromatic nitrogens is 5. The van der Waals surface area contributed by atoms with Gasteiger partial charge in [0.15, 0.2) is 5.65 Å². The minimum absolute atomic E-state index is 0.241. The molecule has 5 aromatic rings. The Hall–Kier alpha value is -3.55. The molecule has 1 aliphatic carbocycles. The molecule has 6 rings (SSSR count). The van der Waals surface area contributed by atoms with Gasteiger partial charge in [-0.3, -0.25) is 0 Å². The molecule has 176 valence electrons. The van der Waals surface area contributed by atoms with E-state index < -0.39 is 0 Å². The number of nitrogens with two attached hydrogens (primary N) is 2. The van der Waals surface area contributed by atoms with Gasteiger partial charge in [-0.1, -0.05) is 48.0 Å². The predicted molar refractivity (Wildman–Crippen MR) is 141 cm³/mol. The number of fused-ring (bicyclic) bond motifs is 2. The molecule has 3 aromatic heterocycles. The Labute approximate surface area is 208 Å². The van der Waals surface area contributed by atoms with Crippen LogP contribution in [0.15, 0.2) is 60.9 Å². The molecular weight excluding hydrogens is 458 g/mol. The fourth-order valence-corrected chi connectivity index (χ4v) is 5.42. The highest BCUT2D eigenvalue weighted by Gasteiger charge is 2.27. The zero-order valence-corrected chi connectivity index (χ0v) is 20.0. The number of benzene rings is 2. The van der Waals surface area contributed by atoms with Crippen LogP contribution in [0.1, 0.15) is 31.7 Å². The van der Waals surface area contributed by atoms with Crippen LogP contribution in [0.2, 0.25) is 5.02 Å². The standard InChI is InChI=1S/C27H26ClN7/c28-21-12-18-8-11-22(17-4-2-1-3-5-17)33-23(18)13-20(21)25-24-26(30)31-15-32-27(24)35(34-25)19-9-6-16(14-29)7-10-19/h1-5,8,11-13,15-16,19H,6-7,9-10,14,29H2,(H2,30,31,32). The van der Waals surface area contributed by atoms with Crippen LogP contribution >= 0.6 is 11.6 Å². The van der Waals surface area contributed by atoms with Gasteiger partial charge in [-0.15, -0.1) is 0 Å². The minimum Gasteiger partial charge on any atom is -0.383 e. The molecule has 0 bridgehead atoms. The van der Waals surface area contributed by atoms with Gasteiger partial charge in [0.2, 0.25) is 0 Å². The second kappa shape index (κ2) is 8.91. The molecule has 2 aromatic carbocycles. The highest BCUT2D eigenvalue weighted by Crippen LogP contribution is 2.40. The van der Waals surface area contributed by atoms with E-state index in [0.717, 1.165) is 71.0 Å². The summed E-state index contributed by atoms with van der Waals surface area (Å²) in [6.07, 6.45) is 5.69. The second-order valence-electron chi connectivity index (χ2n) is 9.25. The van der Waals surface area contributed by atoms with Crippen LogP contribution in [0.25, 0.3) is 44.5 Å². The lowest BCUT2D eigenvalue weighted by molar-refractivity contribution is 0.269. The largest absolute Gasteiger partial charge is 0.383 e. The van der Waals surface area contributed by atoms with Crippen molar-refractivity contribution in [2.45, 2.75) is 31.7 Å². The van der Waals surface area contributed by atoms with E-state index in [2.05, 4.69) is 22.1 Å². The highest BCUT2D eigenvalue weighted by molar-refractivity contribution is 6.34. The van der Waals surface area contributed by atoms with Gasteiger partial charge in [-0.05, 0) is 56.3 Å². The maximum Gasteiger partial charge on any atom is 0.164 e. The Bertz CT molecular complexity index is 1520. The van der Waals surface area contributed by atoms with E-state index in [0.29, 0.717) is 22.5 Å². The van der Waals surface area contributed by atoms with E-state index in [1.165, 1.54) is 6.33 Å². The summed E-state index contributed by atoms with van der Waals surface area (Å²) in [6, 6.07) is 18.4. The Morgan fingerprint density at radius 2 is 1.77 bits per heavy atom. The minimum atomic E-state index is 0.241. The van der Waals surface area contributed by atoms with Crippen molar-refractivity contribution in [2.24, 2.45) is 11.7 Å². The lowest BCUT2D eigenvalue weighted by Crippen LogP contribution is -2.24. The maximum atomic E-state index is 6.81. The van der Waals surface area contributed by atoms with Gasteiger partial charge in [0, 0.05) is 16.5 Å². The molecule has 3 heterocycles. The summed E-state index contributed by atoms with van der Waals surface area (Å²) in [5.41, 5.74) is 17.3. The number of nitrogen functional groups attached to an aromatic ring is 1. The molecule has 4 N–H and O–H groups in total. The molecule has 0 saturated heterocycles. The highest BCUT2D eigenvalue weighted by atomic mass is 35.5. The molecule has 1 saturated carbocycles. The van der Waals surface area contributed by atoms with Gasteiger partial charge >= 0.3 is 0 Å². The molecule has 7 nitrogen and oxygen atoms in total. The first kappa shape index (κ1) is 21.9. The van der Waals surface area contributed by atoms with Crippen LogP contribution in [0.3, 0.4) is 0 Å². The number of anilines is 1. The van der Waals surface area contributed by atoms with Gasteiger partial charge in [-0.2, -0.15) is 5.10 Å². The summed E-state index contributed by atoms with van der Waals surface area (Å²) >= 11 is 6.81. The van der Waals surface area contributed by atoms with Crippen molar-refractivity contribution < 1.29 is 0 Å². The molecular formula is C27H26ClN7. The number of nitrogens with zero attached hydrogens (tertiary/aromatic N) is 5. The molecule has 0 radical (unpaired) electrons. The number of hydrogen-bond donors (Lipinski definition) is 2. The van der Waals surface area contributed by atoms with Gasteiger partial charge in [0.05, 0.1) is 27.7 Å². The molecule has 0 amide bonds. The zero-order chi connectivity index (χ0) is 23.9. The van der Waals surface area contributed by atoms with Gasteiger partial charge in [0.1, 0.15) is 17.8 Å². The fraction of sp³-hybridized carbons (Fsp3) is 0.259. The molecule has 0 aliphatic heterocycles. The third kappa shape index (κ3) is 3.90. The van der Waals surface area contributed by atoms with Crippen LogP contribution in [0, 0.1) is 5.92 Å². The molecule has 1 fully saturated rings. The van der Waals surface area contributed by atoms with Crippen LogP contribution in [-0.2, 0) is 0 Å². The zero-order valence-electron chi connectivity index (χ0n) is 19.2. The average Bonchev–Trinajstić information content (AvgIpc) is 3.29. The maximum absolute atomic E-state index is 6.81. The Kier molecular flexibility index (Phi) is 5.59. The van der Waals surface area contributed by atoms with Gasteiger partial charge < -0.3 is 11.5 Å². The molecule has 1 aliphatic rings. The van der Waals surface area contributed by atoms with Crippen molar-refractivity contribution in [1.29, 1.82) is 0 Å². The first-order valence-electron chi connectivity index (χ1n) is 12.0. The smallest absolute Gasteiger partial charge is 0.164 e. The van der Waals surface area contributed by atoms with E-state index in [9.17, 15) is 0 Å². The van der Waals surface area contributed by atoms with Crippen molar-refractivity contribution in [3.63, 3.8) is 0 Å². The van der Waals surface area contributed by atoms with Crippen molar-refractivity contribution in [1.82, 2.24) is 24.7 Å². The Morgan fingerprint density at radius 1 is 0.971 bits per heavy atom. The third-order valence-electron chi connectivity index (χ3n) is 7.12. The van der Waals surface area contributed by atoms with Gasteiger partial charge in [-0.25, -0.2) is 19.6 Å². The van der Waals surface area contributed by atoms with Crippen molar-refractivity contribution in [2.75, 3.05) is 12.3 Å². The SMILES string of the molecule is NCC1CCC(n2nc(-c3cc4nc(-c5ccccc5)ccc4cc3Cl)c3c(N)ncnc32)CC1. The van der Waals surface area contributed by atoms with Gasteiger partial charge in [0.25, 0.3) is 0 Å². The first-order chi connectivity index (χ1) is 17.1. The van der Waals surface area contributed by atoms with E-state index in [1.54, 1.807) is 0 Å². The molecule has 35 heavy (non-hydrogen) atoms. The van der Waals surface area contributed by atoms with E-state index >= 15 is 0 Å². The summed E-state index contributed by atoms with van der Waals surface area (Å²) in [5, 5.41) is 7.32. The van der Waals surface area contributed by atoms with E-state index in [1.807, 2.05) is 47.1 Å². The summed E-state index contributed by atoms with van der Waals surface area (Å²) < 4.78 is 2.02. The summed E-state index contributed by atoms with van der Waals surface area (Å²) in [4.78, 5) is 13.8. The monoisotopic (exact) mass is 483 g/mol. The average molecular weight is 484 g/mol. The van der Waals surface area contributed by atoms with E-state index in [4.69, 9.17) is 33.2 Å². The summed E-state index contributed by atoms with van der Waals surface area (Å²) in [7, 11) is 0. The fourth-order valence-electron chi connectivity index (χ4n) is 5.16. The normalized spacial score (nSPS) is 18.3. The van der Waals surface area contributed by atoms with E-state index in [-0.39, 0.29) is 6.04 Å². The summed E-state index contributed by atoms with van der Waals surface area (Å²) in [6.45, 7) is 0.734. The number of halogens is 1. The molecule has 0 atom stereocenters. The molecule has 8 heteroatoms. The molecule has 0 unspecified atom stereocenters. The Balaban J connectivity index is 1.50. The first-order valence-corrected chi connectivity index (χ1v) is 12.3. The van der Waals surface area contributed by atoms with Crippen LogP contribution in [0.4, 0.5) is 5.82 Å². The topological polar surface area (TPSA) is 109 Å². The van der Waals surface area contributed by atoms with Crippen LogP contribution in [-0.4, -0.2) is 31.3 Å². The quantitative estimate of drug-likeness (QED) is 0.342. The van der Waals surface area contributed by atoms with Crippen molar-refractivity contribution in [3.05, 3.63) is 65.9 Å². The predicted octanol–water partition coefficient (Wildman–Crippen LogP) is 5.63. The number of rotatable bonds is 4. The lowest BCUT2D eigenvalue weighted by atomic mass is 9.86. The second-order valence-corrected chi connectivity index (χ2v) is 9.66. The number of hydrogen-bond acceptors (Lipinski definition) is 6. The van der Waals surface area contributed by atoms with Crippen LogP contribution in [0.5, 0.6) is 0 Å². The van der Waals surface area contributed by atoms with Crippen LogP contribution < -0.4 is 11.5 Å². The van der Waals surface area contributed by atoms with Crippen molar-refractivity contribution >= 4 is 39.4 Å². The third-order valence-corrected chi connectivity index (χ3v) is 7.43.